The molecule has 0 aromatic carbocycles. The van der Waals surface area contributed by atoms with Crippen LogP contribution >= 0.6 is 0 Å². The van der Waals surface area contributed by atoms with E-state index in [0.29, 0.717) is 23.2 Å². The van der Waals surface area contributed by atoms with Crippen molar-refractivity contribution in [2.45, 2.75) is 6.54 Å². The minimum atomic E-state index is -0.528. The maximum Gasteiger partial charge on any atom is 0.153 e. The van der Waals surface area contributed by atoms with Crippen LogP contribution in [-0.2, 0) is 6.54 Å². The predicted molar refractivity (Wildman–Crippen MR) is 54.6 cm³/mol. The lowest BCUT2D eigenvalue weighted by Crippen LogP contribution is -2.00. The highest BCUT2D eigenvalue weighted by Crippen LogP contribution is 2.17. The van der Waals surface area contributed by atoms with Crippen LogP contribution < -0.4 is 0 Å². The second kappa shape index (κ2) is 4.61. The zero-order valence-electron chi connectivity index (χ0n) is 8.38. The third-order valence-corrected chi connectivity index (χ3v) is 2.04. The molecule has 0 amide bonds. The minimum absolute atomic E-state index is 0.126. The van der Waals surface area contributed by atoms with Crippen LogP contribution in [0.15, 0.2) is 24.8 Å². The minimum Gasteiger partial charge on any atom is -0.298 e. The van der Waals surface area contributed by atoms with Crippen LogP contribution in [0.4, 0.5) is 4.39 Å². The number of alkyl halides is 1. The molecule has 0 aliphatic carbocycles. The Kier molecular flexibility index (Phi) is 3.00. The second-order valence-electron chi connectivity index (χ2n) is 3.09. The van der Waals surface area contributed by atoms with E-state index in [4.69, 9.17) is 0 Å². The molecular weight excluding hydrogens is 211 g/mol. The molecule has 0 saturated carbocycles. The molecule has 0 atom stereocenters. The van der Waals surface area contributed by atoms with Crippen LogP contribution in [-0.4, -0.2) is 32.7 Å². The molecule has 0 N–H and O–H groups in total. The number of carbonyl (C=O) groups is 1. The number of aromatic nitrogens is 4. The maximum absolute atomic E-state index is 12.1. The van der Waals surface area contributed by atoms with Crippen molar-refractivity contribution in [3.8, 4) is 11.4 Å². The molecule has 0 spiro atoms. The number of aryl methyl sites for hydroxylation is 1. The van der Waals surface area contributed by atoms with E-state index in [1.54, 1.807) is 0 Å². The molecule has 5 nitrogen and oxygen atoms in total. The number of aldehydes is 1. The molecule has 0 unspecified atom stereocenters. The normalized spacial score (nSPS) is 10.3. The van der Waals surface area contributed by atoms with Crippen molar-refractivity contribution in [1.29, 1.82) is 0 Å². The monoisotopic (exact) mass is 220 g/mol. The second-order valence-corrected chi connectivity index (χ2v) is 3.09. The molecule has 2 heterocycles. The first-order valence-electron chi connectivity index (χ1n) is 4.70. The van der Waals surface area contributed by atoms with Crippen molar-refractivity contribution in [1.82, 2.24) is 19.7 Å². The molecule has 0 saturated heterocycles. The number of carbonyl (C=O) groups excluding carboxylic acids is 1. The van der Waals surface area contributed by atoms with Gasteiger partial charge in [0.05, 0.1) is 18.3 Å². The lowest BCUT2D eigenvalue weighted by Gasteiger charge is -1.95. The summed E-state index contributed by atoms with van der Waals surface area (Å²) in [5, 5.41) is 4.08. The first-order valence-corrected chi connectivity index (χ1v) is 4.70. The van der Waals surface area contributed by atoms with E-state index in [1.165, 1.54) is 29.5 Å². The van der Waals surface area contributed by atoms with E-state index < -0.39 is 6.67 Å². The molecule has 16 heavy (non-hydrogen) atoms. The quantitative estimate of drug-likeness (QED) is 0.724. The number of nitrogens with zero attached hydrogens (tertiary/aromatic N) is 4. The van der Waals surface area contributed by atoms with Gasteiger partial charge in [0.25, 0.3) is 0 Å². The van der Waals surface area contributed by atoms with Crippen LogP contribution in [0.1, 0.15) is 10.4 Å². The fraction of sp³-hybridized carbons (Fsp3) is 0.200. The van der Waals surface area contributed by atoms with Crippen LogP contribution in [0.2, 0.25) is 0 Å². The van der Waals surface area contributed by atoms with Gasteiger partial charge in [-0.15, -0.1) is 0 Å². The van der Waals surface area contributed by atoms with Crippen molar-refractivity contribution < 1.29 is 9.18 Å². The Morgan fingerprint density at radius 1 is 1.44 bits per heavy atom. The molecule has 2 aromatic rings. The molecule has 2 rings (SSSR count). The summed E-state index contributed by atoms with van der Waals surface area (Å²) in [6.45, 7) is -0.402. The van der Waals surface area contributed by atoms with Gasteiger partial charge in [0.1, 0.15) is 18.1 Å². The molecule has 0 bridgehead atoms. The Morgan fingerprint density at radius 2 is 2.31 bits per heavy atom. The maximum atomic E-state index is 12.1. The summed E-state index contributed by atoms with van der Waals surface area (Å²) < 4.78 is 13.5. The number of hydrogen-bond donors (Lipinski definition) is 0. The summed E-state index contributed by atoms with van der Waals surface area (Å²) in [6, 6.07) is 0. The Bertz CT molecular complexity index is 483. The van der Waals surface area contributed by atoms with Crippen molar-refractivity contribution in [3.05, 3.63) is 30.4 Å². The Hall–Kier alpha value is -2.11. The smallest absolute Gasteiger partial charge is 0.153 e. The SMILES string of the molecule is O=Cc1cn(CCF)nc1-c1cnccn1. The molecule has 0 aliphatic heterocycles. The summed E-state index contributed by atoms with van der Waals surface area (Å²) in [5.41, 5.74) is 1.31. The van der Waals surface area contributed by atoms with E-state index >= 15 is 0 Å². The highest BCUT2D eigenvalue weighted by molar-refractivity contribution is 5.84. The zero-order valence-corrected chi connectivity index (χ0v) is 8.38. The first-order chi connectivity index (χ1) is 7.85. The predicted octanol–water partition coefficient (Wildman–Crippen LogP) is 1.12. The van der Waals surface area contributed by atoms with E-state index in [2.05, 4.69) is 15.1 Å². The molecule has 6 heteroatoms. The largest absolute Gasteiger partial charge is 0.298 e. The van der Waals surface area contributed by atoms with Gasteiger partial charge in [0, 0.05) is 18.6 Å². The van der Waals surface area contributed by atoms with Crippen LogP contribution in [0.3, 0.4) is 0 Å². The van der Waals surface area contributed by atoms with Gasteiger partial charge in [-0.25, -0.2) is 4.39 Å². The lowest BCUT2D eigenvalue weighted by atomic mass is 10.2. The average Bonchev–Trinajstić information content (AvgIpc) is 2.74. The molecule has 0 aliphatic rings. The van der Waals surface area contributed by atoms with Gasteiger partial charge in [-0.2, -0.15) is 5.10 Å². The molecular formula is C10H9FN4O. The summed E-state index contributed by atoms with van der Waals surface area (Å²) in [7, 11) is 0. The molecule has 82 valence electrons. The lowest BCUT2D eigenvalue weighted by molar-refractivity contribution is 0.112. The van der Waals surface area contributed by atoms with Gasteiger partial charge in [-0.05, 0) is 0 Å². The van der Waals surface area contributed by atoms with E-state index in [0.717, 1.165) is 0 Å². The zero-order chi connectivity index (χ0) is 11.4. The van der Waals surface area contributed by atoms with Crippen molar-refractivity contribution in [3.63, 3.8) is 0 Å². The van der Waals surface area contributed by atoms with Crippen molar-refractivity contribution in [2.75, 3.05) is 6.67 Å². The summed E-state index contributed by atoms with van der Waals surface area (Å²) >= 11 is 0. The first kappa shape index (κ1) is 10.4. The topological polar surface area (TPSA) is 60.7 Å². The van der Waals surface area contributed by atoms with Gasteiger partial charge in [0.15, 0.2) is 6.29 Å². The highest BCUT2D eigenvalue weighted by atomic mass is 19.1. The van der Waals surface area contributed by atoms with Crippen molar-refractivity contribution in [2.24, 2.45) is 0 Å². The fourth-order valence-electron chi connectivity index (χ4n) is 1.34. The van der Waals surface area contributed by atoms with Gasteiger partial charge in [-0.1, -0.05) is 0 Å². The van der Waals surface area contributed by atoms with Gasteiger partial charge in [0.2, 0.25) is 0 Å². The number of hydrogen-bond acceptors (Lipinski definition) is 4. The Balaban J connectivity index is 2.43. The third kappa shape index (κ3) is 1.95. The standard InChI is InChI=1S/C10H9FN4O/c11-1-4-15-6-8(7-16)10(14-15)9-5-12-2-3-13-9/h2-3,5-7H,1,4H2. The van der Waals surface area contributed by atoms with E-state index in [-0.39, 0.29) is 6.54 Å². The molecule has 2 aromatic heterocycles. The summed E-state index contributed by atoms with van der Waals surface area (Å²) in [5.74, 6) is 0. The van der Waals surface area contributed by atoms with Crippen LogP contribution in [0.25, 0.3) is 11.4 Å². The number of halogens is 1. The molecule has 0 radical (unpaired) electrons. The van der Waals surface area contributed by atoms with E-state index in [1.807, 2.05) is 0 Å². The van der Waals surface area contributed by atoms with E-state index in [9.17, 15) is 9.18 Å². The third-order valence-electron chi connectivity index (χ3n) is 2.04. The highest BCUT2D eigenvalue weighted by Gasteiger charge is 2.11. The van der Waals surface area contributed by atoms with Gasteiger partial charge in [-0.3, -0.25) is 19.4 Å². The number of rotatable bonds is 4. The Labute approximate surface area is 91.0 Å². The fourth-order valence-corrected chi connectivity index (χ4v) is 1.34. The average molecular weight is 220 g/mol. The van der Waals surface area contributed by atoms with Gasteiger partial charge >= 0.3 is 0 Å². The van der Waals surface area contributed by atoms with Gasteiger partial charge < -0.3 is 0 Å². The summed E-state index contributed by atoms with van der Waals surface area (Å²) in [4.78, 5) is 18.8. The molecule has 0 fully saturated rings. The van der Waals surface area contributed by atoms with Crippen LogP contribution in [0.5, 0.6) is 0 Å². The Morgan fingerprint density at radius 3 is 2.94 bits per heavy atom. The summed E-state index contributed by atoms with van der Waals surface area (Å²) in [6.07, 6.45) is 6.72. The van der Waals surface area contributed by atoms with Crippen molar-refractivity contribution >= 4 is 6.29 Å². The van der Waals surface area contributed by atoms with Crippen LogP contribution in [0, 0.1) is 0 Å².